The van der Waals surface area contributed by atoms with Crippen molar-refractivity contribution in [2.75, 3.05) is 26.2 Å². The predicted octanol–water partition coefficient (Wildman–Crippen LogP) is 3.94. The van der Waals surface area contributed by atoms with Gasteiger partial charge >= 0.3 is 0 Å². The summed E-state index contributed by atoms with van der Waals surface area (Å²) in [6.07, 6.45) is 0.356. The van der Waals surface area contributed by atoms with Crippen LogP contribution in [0.4, 0.5) is 0 Å². The van der Waals surface area contributed by atoms with E-state index in [4.69, 9.17) is 23.2 Å². The molecule has 146 valence electrons. The van der Waals surface area contributed by atoms with E-state index < -0.39 is 0 Å². The molecule has 5 nitrogen and oxygen atoms in total. The Morgan fingerprint density at radius 1 is 0.750 bits per heavy atom. The molecule has 0 atom stereocenters. The third-order valence-electron chi connectivity index (χ3n) is 4.69. The van der Waals surface area contributed by atoms with Gasteiger partial charge in [0.2, 0.25) is 5.91 Å². The highest BCUT2D eigenvalue weighted by Crippen LogP contribution is 2.21. The molecular formula is C21H20Cl2N2O3. The normalized spacial score (nSPS) is 14.1. The molecule has 28 heavy (non-hydrogen) atoms. The number of carbonyl (C=O) groups excluding carboxylic acids is 3. The van der Waals surface area contributed by atoms with Crippen molar-refractivity contribution < 1.29 is 14.4 Å². The minimum atomic E-state index is -0.157. The van der Waals surface area contributed by atoms with Gasteiger partial charge in [-0.05, 0) is 18.2 Å². The molecule has 0 unspecified atom stereocenters. The van der Waals surface area contributed by atoms with Gasteiger partial charge in [-0.2, -0.15) is 0 Å². The molecule has 0 bridgehead atoms. The number of hydrogen-bond acceptors (Lipinski definition) is 3. The Labute approximate surface area is 173 Å². The Balaban J connectivity index is 1.50. The molecule has 1 saturated heterocycles. The number of halogens is 2. The molecular weight excluding hydrogens is 399 g/mol. The number of Topliss-reactive ketones (excluding diaryl/α,β-unsaturated/α-hetero) is 1. The summed E-state index contributed by atoms with van der Waals surface area (Å²) in [6.45, 7) is 1.75. The van der Waals surface area contributed by atoms with E-state index in [0.717, 1.165) is 0 Å². The Morgan fingerprint density at radius 3 is 1.93 bits per heavy atom. The lowest BCUT2D eigenvalue weighted by atomic mass is 10.1. The molecule has 0 N–H and O–H groups in total. The van der Waals surface area contributed by atoms with Crippen LogP contribution in [0, 0.1) is 0 Å². The lowest BCUT2D eigenvalue weighted by Gasteiger charge is -2.35. The fourth-order valence-corrected chi connectivity index (χ4v) is 3.69. The fourth-order valence-electron chi connectivity index (χ4n) is 3.17. The van der Waals surface area contributed by atoms with E-state index in [2.05, 4.69) is 0 Å². The molecule has 1 fully saturated rings. The van der Waals surface area contributed by atoms with Crippen molar-refractivity contribution in [3.63, 3.8) is 0 Å². The van der Waals surface area contributed by atoms with E-state index in [0.29, 0.717) is 47.4 Å². The molecule has 2 amide bonds. The smallest absolute Gasteiger partial charge is 0.254 e. The molecule has 0 spiro atoms. The minimum Gasteiger partial charge on any atom is -0.339 e. The standard InChI is InChI=1S/C21H20Cl2N2O3/c22-17-12-16(13-18(23)14-17)21(28)25-10-8-24(9-11-25)20(27)7-6-19(26)15-4-2-1-3-5-15/h1-5,12-14H,6-11H2. The molecule has 2 aromatic rings. The summed E-state index contributed by atoms with van der Waals surface area (Å²) < 4.78 is 0. The van der Waals surface area contributed by atoms with Crippen LogP contribution in [0.2, 0.25) is 10.0 Å². The highest BCUT2D eigenvalue weighted by atomic mass is 35.5. The highest BCUT2D eigenvalue weighted by molar-refractivity contribution is 6.35. The summed E-state index contributed by atoms with van der Waals surface area (Å²) in [4.78, 5) is 40.5. The Morgan fingerprint density at radius 2 is 1.32 bits per heavy atom. The van der Waals surface area contributed by atoms with Gasteiger partial charge in [0.1, 0.15) is 0 Å². The van der Waals surface area contributed by atoms with E-state index in [9.17, 15) is 14.4 Å². The van der Waals surface area contributed by atoms with Crippen LogP contribution in [0.3, 0.4) is 0 Å². The monoisotopic (exact) mass is 418 g/mol. The SMILES string of the molecule is O=C(CCC(=O)N1CCN(C(=O)c2cc(Cl)cc(Cl)c2)CC1)c1ccccc1. The summed E-state index contributed by atoms with van der Waals surface area (Å²) >= 11 is 11.9. The maximum absolute atomic E-state index is 12.6. The number of hydrogen-bond donors (Lipinski definition) is 0. The van der Waals surface area contributed by atoms with Gasteiger partial charge in [-0.3, -0.25) is 14.4 Å². The lowest BCUT2D eigenvalue weighted by molar-refractivity contribution is -0.132. The zero-order valence-electron chi connectivity index (χ0n) is 15.2. The predicted molar refractivity (Wildman–Crippen MR) is 109 cm³/mol. The fraction of sp³-hybridized carbons (Fsp3) is 0.286. The summed E-state index contributed by atoms with van der Waals surface area (Å²) in [5, 5.41) is 0.820. The van der Waals surface area contributed by atoms with Crippen LogP contribution in [-0.4, -0.2) is 53.6 Å². The average Bonchev–Trinajstić information content (AvgIpc) is 2.71. The average molecular weight is 419 g/mol. The van der Waals surface area contributed by atoms with Crippen molar-refractivity contribution in [1.82, 2.24) is 9.80 Å². The first kappa shape index (κ1) is 20.4. The van der Waals surface area contributed by atoms with Crippen molar-refractivity contribution in [2.45, 2.75) is 12.8 Å². The van der Waals surface area contributed by atoms with Crippen LogP contribution in [0.25, 0.3) is 0 Å². The Hall–Kier alpha value is -2.37. The molecule has 1 aliphatic rings. The Bertz CT molecular complexity index is 858. The highest BCUT2D eigenvalue weighted by Gasteiger charge is 2.25. The van der Waals surface area contributed by atoms with E-state index >= 15 is 0 Å². The second kappa shape index (κ2) is 9.22. The molecule has 0 aromatic heterocycles. The summed E-state index contributed by atoms with van der Waals surface area (Å²) in [7, 11) is 0. The van der Waals surface area contributed by atoms with Crippen molar-refractivity contribution >= 4 is 40.8 Å². The van der Waals surface area contributed by atoms with Crippen molar-refractivity contribution in [3.8, 4) is 0 Å². The van der Waals surface area contributed by atoms with Crippen LogP contribution in [0.15, 0.2) is 48.5 Å². The summed E-state index contributed by atoms with van der Waals surface area (Å²) in [6, 6.07) is 13.7. The van der Waals surface area contributed by atoms with Crippen molar-refractivity contribution in [1.29, 1.82) is 0 Å². The topological polar surface area (TPSA) is 57.7 Å². The zero-order chi connectivity index (χ0) is 20.1. The largest absolute Gasteiger partial charge is 0.339 e. The third kappa shape index (κ3) is 5.12. The molecule has 0 radical (unpaired) electrons. The number of amides is 2. The molecule has 0 aliphatic carbocycles. The van der Waals surface area contributed by atoms with E-state index in [1.54, 1.807) is 52.3 Å². The van der Waals surface area contributed by atoms with E-state index in [-0.39, 0.29) is 30.4 Å². The zero-order valence-corrected chi connectivity index (χ0v) is 16.7. The maximum Gasteiger partial charge on any atom is 0.254 e. The minimum absolute atomic E-state index is 0.0411. The van der Waals surface area contributed by atoms with Crippen molar-refractivity contribution in [2.24, 2.45) is 0 Å². The number of piperazine rings is 1. The van der Waals surface area contributed by atoms with E-state index in [1.807, 2.05) is 6.07 Å². The van der Waals surface area contributed by atoms with Gasteiger partial charge in [0.15, 0.2) is 5.78 Å². The molecule has 0 saturated carbocycles. The van der Waals surface area contributed by atoms with Gasteiger partial charge in [-0.25, -0.2) is 0 Å². The molecule has 2 aromatic carbocycles. The number of nitrogens with zero attached hydrogens (tertiary/aromatic N) is 2. The maximum atomic E-state index is 12.6. The van der Waals surface area contributed by atoms with Crippen LogP contribution < -0.4 is 0 Å². The van der Waals surface area contributed by atoms with E-state index in [1.165, 1.54) is 0 Å². The van der Waals surface area contributed by atoms with Gasteiger partial charge in [0.25, 0.3) is 5.91 Å². The second-order valence-electron chi connectivity index (χ2n) is 6.62. The quantitative estimate of drug-likeness (QED) is 0.690. The first-order valence-corrected chi connectivity index (χ1v) is 9.81. The first-order chi connectivity index (χ1) is 13.4. The number of carbonyl (C=O) groups is 3. The van der Waals surface area contributed by atoms with Crippen LogP contribution in [0.1, 0.15) is 33.6 Å². The lowest BCUT2D eigenvalue weighted by Crippen LogP contribution is -2.50. The van der Waals surface area contributed by atoms with Crippen LogP contribution in [-0.2, 0) is 4.79 Å². The van der Waals surface area contributed by atoms with Gasteiger partial charge in [0, 0.05) is 60.2 Å². The van der Waals surface area contributed by atoms with Crippen molar-refractivity contribution in [3.05, 3.63) is 69.7 Å². The number of benzene rings is 2. The third-order valence-corrected chi connectivity index (χ3v) is 5.13. The van der Waals surface area contributed by atoms with Crippen LogP contribution in [0.5, 0.6) is 0 Å². The van der Waals surface area contributed by atoms with Gasteiger partial charge in [-0.15, -0.1) is 0 Å². The Kier molecular flexibility index (Phi) is 6.70. The number of rotatable bonds is 5. The molecule has 1 heterocycles. The number of ketones is 1. The van der Waals surface area contributed by atoms with Gasteiger partial charge in [0.05, 0.1) is 0 Å². The van der Waals surface area contributed by atoms with Gasteiger partial charge in [-0.1, -0.05) is 53.5 Å². The molecule has 1 aliphatic heterocycles. The molecule has 3 rings (SSSR count). The second-order valence-corrected chi connectivity index (χ2v) is 7.49. The first-order valence-electron chi connectivity index (χ1n) is 9.05. The molecule has 7 heteroatoms. The van der Waals surface area contributed by atoms with Gasteiger partial charge < -0.3 is 9.80 Å². The summed E-state index contributed by atoms with van der Waals surface area (Å²) in [5.41, 5.74) is 1.05. The summed E-state index contributed by atoms with van der Waals surface area (Å²) in [5.74, 6) is -0.265. The van der Waals surface area contributed by atoms with Crippen LogP contribution >= 0.6 is 23.2 Å².